The normalized spacial score (nSPS) is 13.3. The van der Waals surface area contributed by atoms with Crippen LogP contribution in [0.2, 0.25) is 0 Å². The van der Waals surface area contributed by atoms with Crippen molar-refractivity contribution in [1.82, 2.24) is 0 Å². The Morgan fingerprint density at radius 1 is 0.765 bits per heavy atom. The standard InChI is InChI=1S/C16H13N/c1-2-7-13(8-3-1)14-10-6-12-17-16-11-5-4-9-15(14)16/h1-12,17H. The molecule has 0 unspecified atom stereocenters. The van der Waals surface area contributed by atoms with E-state index in [1.807, 2.05) is 24.4 Å². The molecule has 82 valence electrons. The third-order valence-electron chi connectivity index (χ3n) is 2.90. The van der Waals surface area contributed by atoms with Gasteiger partial charge in [0.25, 0.3) is 0 Å². The highest BCUT2D eigenvalue weighted by atomic mass is 14.8. The van der Waals surface area contributed by atoms with Crippen molar-refractivity contribution in [1.29, 1.82) is 0 Å². The van der Waals surface area contributed by atoms with Crippen LogP contribution < -0.4 is 5.32 Å². The molecular weight excluding hydrogens is 206 g/mol. The van der Waals surface area contributed by atoms with E-state index in [0.717, 1.165) is 5.69 Å². The third-order valence-corrected chi connectivity index (χ3v) is 2.90. The van der Waals surface area contributed by atoms with E-state index in [4.69, 9.17) is 0 Å². The van der Waals surface area contributed by atoms with Gasteiger partial charge in [-0.05, 0) is 23.3 Å². The molecule has 0 aromatic heterocycles. The maximum absolute atomic E-state index is 3.29. The molecule has 1 nitrogen and oxygen atoms in total. The number of para-hydroxylation sites is 1. The zero-order chi connectivity index (χ0) is 11.5. The number of rotatable bonds is 1. The van der Waals surface area contributed by atoms with E-state index in [2.05, 4.69) is 53.9 Å². The number of benzene rings is 2. The lowest BCUT2D eigenvalue weighted by Gasteiger charge is -2.11. The Balaban J connectivity index is 2.18. The van der Waals surface area contributed by atoms with Gasteiger partial charge in [-0.2, -0.15) is 0 Å². The fourth-order valence-electron chi connectivity index (χ4n) is 2.09. The Bertz CT molecular complexity index is 579. The predicted molar refractivity (Wildman–Crippen MR) is 72.7 cm³/mol. The summed E-state index contributed by atoms with van der Waals surface area (Å²) in [5, 5.41) is 3.29. The van der Waals surface area contributed by atoms with Crippen LogP contribution in [0.1, 0.15) is 11.1 Å². The summed E-state index contributed by atoms with van der Waals surface area (Å²) in [7, 11) is 0. The topological polar surface area (TPSA) is 12.0 Å². The number of allylic oxidation sites excluding steroid dienone is 2. The van der Waals surface area contributed by atoms with Crippen LogP contribution >= 0.6 is 0 Å². The van der Waals surface area contributed by atoms with Crippen molar-refractivity contribution in [3.05, 3.63) is 84.1 Å². The van der Waals surface area contributed by atoms with Crippen LogP contribution in [0.15, 0.2) is 72.9 Å². The van der Waals surface area contributed by atoms with Crippen molar-refractivity contribution < 1.29 is 0 Å². The summed E-state index contributed by atoms with van der Waals surface area (Å²) < 4.78 is 0. The van der Waals surface area contributed by atoms with Crippen LogP contribution in [-0.2, 0) is 0 Å². The van der Waals surface area contributed by atoms with E-state index in [0.29, 0.717) is 0 Å². The molecule has 17 heavy (non-hydrogen) atoms. The van der Waals surface area contributed by atoms with Crippen molar-refractivity contribution in [2.75, 3.05) is 5.32 Å². The summed E-state index contributed by atoms with van der Waals surface area (Å²) in [4.78, 5) is 0. The Kier molecular flexibility index (Phi) is 2.51. The summed E-state index contributed by atoms with van der Waals surface area (Å²) in [6.45, 7) is 0. The zero-order valence-corrected chi connectivity index (χ0v) is 9.43. The number of hydrogen-bond acceptors (Lipinski definition) is 1. The molecule has 0 saturated carbocycles. The van der Waals surface area contributed by atoms with Gasteiger partial charge in [0.05, 0.1) is 0 Å². The lowest BCUT2D eigenvalue weighted by atomic mass is 9.96. The van der Waals surface area contributed by atoms with Gasteiger partial charge in [0.15, 0.2) is 0 Å². The first-order valence-electron chi connectivity index (χ1n) is 5.73. The molecule has 0 bridgehead atoms. The summed E-state index contributed by atoms with van der Waals surface area (Å²) in [6, 6.07) is 18.8. The molecular formula is C16H13N. The molecule has 0 aliphatic carbocycles. The minimum Gasteiger partial charge on any atom is -0.361 e. The predicted octanol–water partition coefficient (Wildman–Crippen LogP) is 4.06. The van der Waals surface area contributed by atoms with Crippen LogP contribution in [0.3, 0.4) is 0 Å². The van der Waals surface area contributed by atoms with Crippen molar-refractivity contribution in [2.24, 2.45) is 0 Å². The van der Waals surface area contributed by atoms with Gasteiger partial charge in [-0.25, -0.2) is 0 Å². The molecule has 1 aliphatic heterocycles. The molecule has 0 radical (unpaired) electrons. The van der Waals surface area contributed by atoms with Gasteiger partial charge >= 0.3 is 0 Å². The lowest BCUT2D eigenvalue weighted by molar-refractivity contribution is 1.52. The molecule has 0 amide bonds. The molecule has 0 atom stereocenters. The minimum atomic E-state index is 1.15. The van der Waals surface area contributed by atoms with Gasteiger partial charge in [0, 0.05) is 17.5 Å². The molecule has 2 aromatic carbocycles. The average Bonchev–Trinajstić information content (AvgIpc) is 2.62. The van der Waals surface area contributed by atoms with Crippen LogP contribution in [0.5, 0.6) is 0 Å². The quantitative estimate of drug-likeness (QED) is 0.762. The SMILES string of the molecule is C1=CNc2ccccc2C(c2ccccc2)=C1. The average molecular weight is 219 g/mol. The second-order valence-electron chi connectivity index (χ2n) is 4.00. The molecule has 1 heterocycles. The molecule has 0 fully saturated rings. The molecule has 3 rings (SSSR count). The van der Waals surface area contributed by atoms with Gasteiger partial charge in [0.1, 0.15) is 0 Å². The van der Waals surface area contributed by atoms with E-state index in [9.17, 15) is 0 Å². The molecule has 2 aromatic rings. The number of anilines is 1. The Labute approximate surface area is 101 Å². The van der Waals surface area contributed by atoms with E-state index in [1.54, 1.807) is 0 Å². The first kappa shape index (κ1) is 9.91. The van der Waals surface area contributed by atoms with Gasteiger partial charge in [-0.3, -0.25) is 0 Å². The molecule has 1 aliphatic rings. The minimum absolute atomic E-state index is 1.15. The van der Waals surface area contributed by atoms with Crippen molar-refractivity contribution in [3.8, 4) is 0 Å². The number of nitrogens with one attached hydrogen (secondary N) is 1. The molecule has 0 saturated heterocycles. The zero-order valence-electron chi connectivity index (χ0n) is 9.43. The van der Waals surface area contributed by atoms with Crippen LogP contribution in [0, 0.1) is 0 Å². The second kappa shape index (κ2) is 4.30. The van der Waals surface area contributed by atoms with Crippen molar-refractivity contribution in [3.63, 3.8) is 0 Å². The van der Waals surface area contributed by atoms with Crippen molar-refractivity contribution in [2.45, 2.75) is 0 Å². The summed E-state index contributed by atoms with van der Waals surface area (Å²) >= 11 is 0. The number of hydrogen-bond donors (Lipinski definition) is 1. The first-order chi connectivity index (χ1) is 8.45. The Morgan fingerprint density at radius 2 is 1.53 bits per heavy atom. The fraction of sp³-hybridized carbons (Fsp3) is 0. The molecule has 1 heteroatoms. The van der Waals surface area contributed by atoms with Crippen molar-refractivity contribution >= 4 is 11.3 Å². The van der Waals surface area contributed by atoms with E-state index in [-0.39, 0.29) is 0 Å². The molecule has 1 N–H and O–H groups in total. The first-order valence-corrected chi connectivity index (χ1v) is 5.73. The lowest BCUT2D eigenvalue weighted by Crippen LogP contribution is -1.92. The smallest absolute Gasteiger partial charge is 0.0459 e. The number of fused-ring (bicyclic) bond motifs is 1. The van der Waals surface area contributed by atoms with Gasteiger partial charge in [0.2, 0.25) is 0 Å². The fourth-order valence-corrected chi connectivity index (χ4v) is 2.09. The van der Waals surface area contributed by atoms with Crippen LogP contribution in [-0.4, -0.2) is 0 Å². The highest BCUT2D eigenvalue weighted by molar-refractivity contribution is 5.88. The largest absolute Gasteiger partial charge is 0.361 e. The monoisotopic (exact) mass is 219 g/mol. The van der Waals surface area contributed by atoms with E-state index in [1.165, 1.54) is 16.7 Å². The maximum atomic E-state index is 3.29. The Morgan fingerprint density at radius 3 is 2.41 bits per heavy atom. The summed E-state index contributed by atoms with van der Waals surface area (Å²) in [6.07, 6.45) is 6.16. The van der Waals surface area contributed by atoms with Crippen LogP contribution in [0.4, 0.5) is 5.69 Å². The van der Waals surface area contributed by atoms with Crippen LogP contribution in [0.25, 0.3) is 5.57 Å². The third kappa shape index (κ3) is 1.87. The van der Waals surface area contributed by atoms with Gasteiger partial charge < -0.3 is 5.32 Å². The molecule has 0 spiro atoms. The Hall–Kier alpha value is -2.28. The summed E-state index contributed by atoms with van der Waals surface area (Å²) in [5.41, 5.74) is 4.89. The maximum Gasteiger partial charge on any atom is 0.0459 e. The second-order valence-corrected chi connectivity index (χ2v) is 4.00. The summed E-state index contributed by atoms with van der Waals surface area (Å²) in [5.74, 6) is 0. The highest BCUT2D eigenvalue weighted by Crippen LogP contribution is 2.30. The van der Waals surface area contributed by atoms with Gasteiger partial charge in [-0.15, -0.1) is 0 Å². The van der Waals surface area contributed by atoms with E-state index < -0.39 is 0 Å². The van der Waals surface area contributed by atoms with Gasteiger partial charge in [-0.1, -0.05) is 54.6 Å². The van der Waals surface area contributed by atoms with E-state index >= 15 is 0 Å². The highest BCUT2D eigenvalue weighted by Gasteiger charge is 2.09.